The van der Waals surface area contributed by atoms with E-state index in [1.165, 1.54) is 5.56 Å². The number of rotatable bonds is 3. The van der Waals surface area contributed by atoms with Gasteiger partial charge in [-0.2, -0.15) is 0 Å². The third-order valence-electron chi connectivity index (χ3n) is 3.93. The van der Waals surface area contributed by atoms with Gasteiger partial charge in [0.15, 0.2) is 0 Å². The summed E-state index contributed by atoms with van der Waals surface area (Å²) in [5, 5.41) is 1.05. The van der Waals surface area contributed by atoms with Crippen LogP contribution in [0.4, 0.5) is 5.82 Å². The van der Waals surface area contributed by atoms with Crippen molar-refractivity contribution in [3.8, 4) is 0 Å². The zero-order valence-electron chi connectivity index (χ0n) is 12.7. The summed E-state index contributed by atoms with van der Waals surface area (Å²) >= 11 is 0. The standard InChI is InChI=1S/C16H18N6/c1-10(2)5-14-18-6-11-7-22(8-13(11)21-14)16-12-3-4-17-15(12)19-9-20-16/h3-4,6,9-10H,5,7-8H2,1-2H3,(H,17,19,20). The van der Waals surface area contributed by atoms with E-state index in [4.69, 9.17) is 4.98 Å². The van der Waals surface area contributed by atoms with Crippen molar-refractivity contribution in [3.05, 3.63) is 41.9 Å². The number of anilines is 1. The molecule has 3 aromatic heterocycles. The van der Waals surface area contributed by atoms with Crippen LogP contribution in [0, 0.1) is 5.92 Å². The van der Waals surface area contributed by atoms with Crippen LogP contribution in [-0.4, -0.2) is 24.9 Å². The highest BCUT2D eigenvalue weighted by atomic mass is 15.2. The topological polar surface area (TPSA) is 70.6 Å². The molecule has 1 aliphatic rings. The molecular weight excluding hydrogens is 276 g/mol. The predicted molar refractivity (Wildman–Crippen MR) is 84.3 cm³/mol. The summed E-state index contributed by atoms with van der Waals surface area (Å²) in [6.07, 6.45) is 6.39. The molecule has 6 heteroatoms. The summed E-state index contributed by atoms with van der Waals surface area (Å²) in [4.78, 5) is 23.3. The molecular formula is C16H18N6. The lowest BCUT2D eigenvalue weighted by atomic mass is 10.1. The first-order valence-corrected chi connectivity index (χ1v) is 7.57. The third-order valence-corrected chi connectivity index (χ3v) is 3.93. The zero-order chi connectivity index (χ0) is 15.1. The number of hydrogen-bond acceptors (Lipinski definition) is 5. The van der Waals surface area contributed by atoms with E-state index in [0.717, 1.165) is 47.9 Å². The van der Waals surface area contributed by atoms with Gasteiger partial charge in [0.25, 0.3) is 0 Å². The molecule has 0 radical (unpaired) electrons. The van der Waals surface area contributed by atoms with Crippen molar-refractivity contribution in [1.29, 1.82) is 0 Å². The second kappa shape index (κ2) is 5.05. The highest BCUT2D eigenvalue weighted by molar-refractivity contribution is 5.87. The zero-order valence-corrected chi connectivity index (χ0v) is 12.7. The molecule has 4 rings (SSSR count). The molecule has 6 nitrogen and oxygen atoms in total. The molecule has 0 bridgehead atoms. The Bertz CT molecular complexity index is 822. The quantitative estimate of drug-likeness (QED) is 0.803. The maximum absolute atomic E-state index is 4.73. The lowest BCUT2D eigenvalue weighted by Crippen LogP contribution is -2.16. The van der Waals surface area contributed by atoms with E-state index in [1.54, 1.807) is 6.33 Å². The van der Waals surface area contributed by atoms with Crippen LogP contribution in [0.3, 0.4) is 0 Å². The summed E-state index contributed by atoms with van der Waals surface area (Å²) in [7, 11) is 0. The van der Waals surface area contributed by atoms with Gasteiger partial charge in [0.05, 0.1) is 17.6 Å². The molecule has 0 fully saturated rings. The van der Waals surface area contributed by atoms with Gasteiger partial charge in [0.2, 0.25) is 0 Å². The van der Waals surface area contributed by atoms with Gasteiger partial charge in [-0.25, -0.2) is 19.9 Å². The lowest BCUT2D eigenvalue weighted by Gasteiger charge is -2.16. The molecule has 22 heavy (non-hydrogen) atoms. The van der Waals surface area contributed by atoms with Crippen LogP contribution in [0.1, 0.15) is 30.9 Å². The van der Waals surface area contributed by atoms with E-state index < -0.39 is 0 Å². The van der Waals surface area contributed by atoms with Crippen molar-refractivity contribution in [3.63, 3.8) is 0 Å². The minimum atomic E-state index is 0.567. The van der Waals surface area contributed by atoms with Gasteiger partial charge in [0, 0.05) is 30.9 Å². The Morgan fingerprint density at radius 1 is 1.23 bits per heavy atom. The van der Waals surface area contributed by atoms with Crippen molar-refractivity contribution in [2.24, 2.45) is 5.92 Å². The highest BCUT2D eigenvalue weighted by Gasteiger charge is 2.24. The monoisotopic (exact) mass is 294 g/mol. The van der Waals surface area contributed by atoms with Crippen LogP contribution in [0.25, 0.3) is 11.0 Å². The number of nitrogens with one attached hydrogen (secondary N) is 1. The summed E-state index contributed by atoms with van der Waals surface area (Å²) in [6, 6.07) is 2.02. The Kier molecular flexibility index (Phi) is 3.03. The fraction of sp³-hybridized carbons (Fsp3) is 0.375. The number of hydrogen-bond donors (Lipinski definition) is 1. The van der Waals surface area contributed by atoms with Crippen molar-refractivity contribution in [1.82, 2.24) is 24.9 Å². The van der Waals surface area contributed by atoms with Gasteiger partial charge in [-0.3, -0.25) is 0 Å². The summed E-state index contributed by atoms with van der Waals surface area (Å²) in [5.41, 5.74) is 3.18. The number of H-pyrrole nitrogens is 1. The highest BCUT2D eigenvalue weighted by Crippen LogP contribution is 2.29. The molecule has 0 aliphatic carbocycles. The van der Waals surface area contributed by atoms with Gasteiger partial charge in [-0.1, -0.05) is 13.8 Å². The van der Waals surface area contributed by atoms with Crippen molar-refractivity contribution < 1.29 is 0 Å². The van der Waals surface area contributed by atoms with Crippen molar-refractivity contribution >= 4 is 16.9 Å². The van der Waals surface area contributed by atoms with Gasteiger partial charge in [-0.05, 0) is 12.0 Å². The Morgan fingerprint density at radius 3 is 3.00 bits per heavy atom. The molecule has 0 aromatic carbocycles. The molecule has 0 amide bonds. The van der Waals surface area contributed by atoms with Gasteiger partial charge >= 0.3 is 0 Å². The number of aromatic nitrogens is 5. The van der Waals surface area contributed by atoms with Crippen LogP contribution in [0.2, 0.25) is 0 Å². The molecule has 3 aromatic rings. The fourth-order valence-corrected chi connectivity index (χ4v) is 2.92. The fourth-order valence-electron chi connectivity index (χ4n) is 2.92. The normalized spacial score (nSPS) is 14.0. The van der Waals surface area contributed by atoms with E-state index >= 15 is 0 Å². The second-order valence-electron chi connectivity index (χ2n) is 6.15. The Balaban J connectivity index is 1.65. The molecule has 0 saturated heterocycles. The Morgan fingerprint density at radius 2 is 2.14 bits per heavy atom. The first kappa shape index (κ1) is 13.2. The Labute approximate surface area is 128 Å². The largest absolute Gasteiger partial charge is 0.346 e. The lowest BCUT2D eigenvalue weighted by molar-refractivity contribution is 0.617. The molecule has 112 valence electrons. The summed E-state index contributed by atoms with van der Waals surface area (Å²) in [6.45, 7) is 5.95. The van der Waals surface area contributed by atoms with Crippen LogP contribution in [0.15, 0.2) is 24.8 Å². The molecule has 0 unspecified atom stereocenters. The first-order valence-electron chi connectivity index (χ1n) is 7.57. The van der Waals surface area contributed by atoms with Gasteiger partial charge in [0.1, 0.15) is 23.6 Å². The van der Waals surface area contributed by atoms with E-state index in [-0.39, 0.29) is 0 Å². The minimum absolute atomic E-state index is 0.567. The van der Waals surface area contributed by atoms with Crippen LogP contribution < -0.4 is 4.90 Å². The average Bonchev–Trinajstić information content (AvgIpc) is 3.11. The Hall–Kier alpha value is -2.50. The number of fused-ring (bicyclic) bond motifs is 2. The number of aromatic amines is 1. The van der Waals surface area contributed by atoms with Gasteiger partial charge < -0.3 is 9.88 Å². The number of nitrogens with zero attached hydrogens (tertiary/aromatic N) is 5. The minimum Gasteiger partial charge on any atom is -0.346 e. The molecule has 0 saturated carbocycles. The van der Waals surface area contributed by atoms with E-state index in [2.05, 4.69) is 38.7 Å². The van der Waals surface area contributed by atoms with E-state index in [0.29, 0.717) is 5.92 Å². The second-order valence-corrected chi connectivity index (χ2v) is 6.15. The third kappa shape index (κ3) is 2.20. The smallest absolute Gasteiger partial charge is 0.142 e. The van der Waals surface area contributed by atoms with Gasteiger partial charge in [-0.15, -0.1) is 0 Å². The summed E-state index contributed by atoms with van der Waals surface area (Å²) in [5.74, 6) is 2.46. The van der Waals surface area contributed by atoms with E-state index in [1.807, 2.05) is 18.5 Å². The van der Waals surface area contributed by atoms with Crippen molar-refractivity contribution in [2.45, 2.75) is 33.4 Å². The molecule has 4 heterocycles. The van der Waals surface area contributed by atoms with Crippen LogP contribution in [-0.2, 0) is 19.5 Å². The van der Waals surface area contributed by atoms with Crippen molar-refractivity contribution in [2.75, 3.05) is 4.90 Å². The molecule has 0 spiro atoms. The van der Waals surface area contributed by atoms with E-state index in [9.17, 15) is 0 Å². The molecule has 1 aliphatic heterocycles. The average molecular weight is 294 g/mol. The summed E-state index contributed by atoms with van der Waals surface area (Å²) < 4.78 is 0. The SMILES string of the molecule is CC(C)Cc1ncc2c(n1)CN(c1ncnc3[nH]ccc13)C2. The maximum Gasteiger partial charge on any atom is 0.142 e. The predicted octanol–water partition coefficient (Wildman–Crippen LogP) is 2.47. The maximum atomic E-state index is 4.73. The van der Waals surface area contributed by atoms with Crippen LogP contribution in [0.5, 0.6) is 0 Å². The molecule has 1 N–H and O–H groups in total. The first-order chi connectivity index (χ1) is 10.7. The van der Waals surface area contributed by atoms with Crippen LogP contribution >= 0.6 is 0 Å². The molecule has 0 atom stereocenters.